The van der Waals surface area contributed by atoms with Crippen molar-refractivity contribution < 1.29 is 4.79 Å². The molecule has 4 nitrogen and oxygen atoms in total. The number of hydrogen-bond acceptors (Lipinski definition) is 3. The fourth-order valence-corrected chi connectivity index (χ4v) is 3.15. The van der Waals surface area contributed by atoms with Crippen molar-refractivity contribution in [3.05, 3.63) is 0 Å². The molecule has 4 heteroatoms. The van der Waals surface area contributed by atoms with Gasteiger partial charge in [-0.1, -0.05) is 26.7 Å². The van der Waals surface area contributed by atoms with Crippen LogP contribution in [-0.4, -0.2) is 54.0 Å². The highest BCUT2D eigenvalue weighted by atomic mass is 16.1. The summed E-state index contributed by atoms with van der Waals surface area (Å²) in [5.74, 6) is 0.612. The highest BCUT2D eigenvalue weighted by molar-refractivity contribution is 5.83. The van der Waals surface area contributed by atoms with E-state index in [0.717, 1.165) is 32.1 Å². The largest absolute Gasteiger partial charge is 0.368 e. The van der Waals surface area contributed by atoms with E-state index in [9.17, 15) is 4.79 Å². The third-order valence-electron chi connectivity index (χ3n) is 4.68. The minimum absolute atomic E-state index is 0.221. The van der Waals surface area contributed by atoms with Gasteiger partial charge in [0.25, 0.3) is 0 Å². The zero-order valence-electron chi connectivity index (χ0n) is 13.8. The molecule has 1 saturated heterocycles. The molecule has 1 fully saturated rings. The molecule has 0 unspecified atom stereocenters. The van der Waals surface area contributed by atoms with Crippen molar-refractivity contribution in [2.75, 3.05) is 32.7 Å². The van der Waals surface area contributed by atoms with E-state index in [4.69, 9.17) is 5.73 Å². The first kappa shape index (κ1) is 17.4. The highest BCUT2D eigenvalue weighted by Gasteiger charge is 2.34. The van der Waals surface area contributed by atoms with Gasteiger partial charge in [-0.05, 0) is 32.6 Å². The van der Waals surface area contributed by atoms with Crippen molar-refractivity contribution in [1.82, 2.24) is 9.80 Å². The average Bonchev–Trinajstić information content (AvgIpc) is 2.39. The van der Waals surface area contributed by atoms with Crippen LogP contribution in [-0.2, 0) is 4.79 Å². The first-order chi connectivity index (χ1) is 9.41. The number of rotatable bonds is 8. The molecule has 1 amide bonds. The van der Waals surface area contributed by atoms with E-state index < -0.39 is 5.54 Å². The Balaban J connectivity index is 2.43. The van der Waals surface area contributed by atoms with Gasteiger partial charge in [0.1, 0.15) is 0 Å². The summed E-state index contributed by atoms with van der Waals surface area (Å²) < 4.78 is 0. The molecule has 118 valence electrons. The van der Waals surface area contributed by atoms with Gasteiger partial charge in [-0.2, -0.15) is 0 Å². The molecule has 2 N–H and O–H groups in total. The molecule has 0 atom stereocenters. The molecule has 1 heterocycles. The summed E-state index contributed by atoms with van der Waals surface area (Å²) in [7, 11) is 0. The van der Waals surface area contributed by atoms with E-state index >= 15 is 0 Å². The van der Waals surface area contributed by atoms with Gasteiger partial charge in [0.2, 0.25) is 5.91 Å². The number of nitrogens with zero attached hydrogens (tertiary/aromatic N) is 2. The van der Waals surface area contributed by atoms with Gasteiger partial charge in [0.05, 0.1) is 5.54 Å². The van der Waals surface area contributed by atoms with Gasteiger partial charge >= 0.3 is 0 Å². The third-order valence-corrected chi connectivity index (χ3v) is 4.68. The smallest absolute Gasteiger partial charge is 0.237 e. The van der Waals surface area contributed by atoms with E-state index in [-0.39, 0.29) is 5.91 Å². The Morgan fingerprint density at radius 1 is 1.10 bits per heavy atom. The van der Waals surface area contributed by atoms with Crippen LogP contribution in [0.2, 0.25) is 0 Å². The first-order valence-corrected chi connectivity index (χ1v) is 8.19. The van der Waals surface area contributed by atoms with E-state index in [0.29, 0.717) is 0 Å². The van der Waals surface area contributed by atoms with E-state index in [1.54, 1.807) is 0 Å². The van der Waals surface area contributed by atoms with Crippen LogP contribution < -0.4 is 5.73 Å². The summed E-state index contributed by atoms with van der Waals surface area (Å²) in [6.07, 6.45) is 5.22. The van der Waals surface area contributed by atoms with Gasteiger partial charge in [0, 0.05) is 32.7 Å². The lowest BCUT2D eigenvalue weighted by Crippen LogP contribution is -2.60. The fourth-order valence-electron chi connectivity index (χ4n) is 3.15. The molecule has 0 spiro atoms. The molecule has 1 rings (SSSR count). The van der Waals surface area contributed by atoms with Gasteiger partial charge in [-0.3, -0.25) is 9.69 Å². The quantitative estimate of drug-likeness (QED) is 0.742. The minimum atomic E-state index is -0.516. The topological polar surface area (TPSA) is 49.6 Å². The number of primary amides is 1. The molecule has 20 heavy (non-hydrogen) atoms. The number of carbonyl (C=O) groups excluding carboxylic acids is 1. The lowest BCUT2D eigenvalue weighted by molar-refractivity contribution is -0.129. The van der Waals surface area contributed by atoms with Crippen LogP contribution in [0.1, 0.15) is 53.4 Å². The number of hydrogen-bond donors (Lipinski definition) is 1. The second-order valence-electron chi connectivity index (χ2n) is 6.65. The predicted molar refractivity (Wildman–Crippen MR) is 84.6 cm³/mol. The van der Waals surface area contributed by atoms with Crippen molar-refractivity contribution in [3.8, 4) is 0 Å². The van der Waals surface area contributed by atoms with Crippen molar-refractivity contribution in [2.45, 2.75) is 58.9 Å². The molecular weight excluding hydrogens is 250 g/mol. The highest BCUT2D eigenvalue weighted by Crippen LogP contribution is 2.19. The summed E-state index contributed by atoms with van der Waals surface area (Å²) >= 11 is 0. The maximum Gasteiger partial charge on any atom is 0.237 e. The van der Waals surface area contributed by atoms with E-state index in [1.165, 1.54) is 32.2 Å². The Hall–Kier alpha value is -0.610. The molecule has 0 saturated carbocycles. The molecule has 0 aromatic carbocycles. The lowest BCUT2D eigenvalue weighted by atomic mass is 9.96. The Morgan fingerprint density at radius 2 is 1.60 bits per heavy atom. The standard InChI is InChI=1S/C16H33N3O/c1-5-7-14(8-6-2)13-18-9-11-19(12-10-18)16(3,4)15(17)20/h14H,5-13H2,1-4H3,(H2,17,20). The number of nitrogens with two attached hydrogens (primary N) is 1. The van der Waals surface area contributed by atoms with Crippen molar-refractivity contribution >= 4 is 5.91 Å². The SMILES string of the molecule is CCCC(CCC)CN1CCN(C(C)(C)C(N)=O)CC1. The van der Waals surface area contributed by atoms with Gasteiger partial charge in [-0.25, -0.2) is 0 Å². The molecule has 0 aromatic heterocycles. The molecule has 0 bridgehead atoms. The van der Waals surface area contributed by atoms with Crippen LogP contribution in [0.5, 0.6) is 0 Å². The summed E-state index contributed by atoms with van der Waals surface area (Å²) in [5.41, 5.74) is 4.99. The van der Waals surface area contributed by atoms with Crippen molar-refractivity contribution in [3.63, 3.8) is 0 Å². The first-order valence-electron chi connectivity index (χ1n) is 8.19. The molecule has 0 radical (unpaired) electrons. The fraction of sp³-hybridized carbons (Fsp3) is 0.938. The number of carbonyl (C=O) groups is 1. The van der Waals surface area contributed by atoms with Crippen LogP contribution in [0, 0.1) is 5.92 Å². The molecule has 0 aliphatic carbocycles. The van der Waals surface area contributed by atoms with Crippen molar-refractivity contribution in [2.24, 2.45) is 11.7 Å². The summed E-state index contributed by atoms with van der Waals surface area (Å²) in [6, 6.07) is 0. The minimum Gasteiger partial charge on any atom is -0.368 e. The third kappa shape index (κ3) is 4.74. The molecule has 1 aliphatic rings. The number of amides is 1. The summed E-state index contributed by atoms with van der Waals surface area (Å²) in [4.78, 5) is 16.3. The van der Waals surface area contributed by atoms with E-state index in [2.05, 4.69) is 23.6 Å². The summed E-state index contributed by atoms with van der Waals surface area (Å²) in [6.45, 7) is 13.6. The summed E-state index contributed by atoms with van der Waals surface area (Å²) in [5, 5.41) is 0. The van der Waals surface area contributed by atoms with Crippen molar-refractivity contribution in [1.29, 1.82) is 0 Å². The Morgan fingerprint density at radius 3 is 2.00 bits per heavy atom. The molecule has 1 aliphatic heterocycles. The van der Waals surface area contributed by atoms with Crippen LogP contribution in [0.15, 0.2) is 0 Å². The van der Waals surface area contributed by atoms with Crippen LogP contribution in [0.3, 0.4) is 0 Å². The second-order valence-corrected chi connectivity index (χ2v) is 6.65. The Kier molecular flexibility index (Phi) is 6.96. The molecular formula is C16H33N3O. The van der Waals surface area contributed by atoms with Crippen LogP contribution in [0.4, 0.5) is 0 Å². The van der Waals surface area contributed by atoms with Crippen LogP contribution >= 0.6 is 0 Å². The lowest BCUT2D eigenvalue weighted by Gasteiger charge is -2.43. The monoisotopic (exact) mass is 283 g/mol. The van der Waals surface area contributed by atoms with Gasteiger partial charge < -0.3 is 10.6 Å². The zero-order valence-corrected chi connectivity index (χ0v) is 13.8. The Bertz CT molecular complexity index is 290. The van der Waals surface area contributed by atoms with E-state index in [1.807, 2.05) is 13.8 Å². The normalized spacial score (nSPS) is 18.6. The van der Waals surface area contributed by atoms with Gasteiger partial charge in [-0.15, -0.1) is 0 Å². The second kappa shape index (κ2) is 7.99. The molecule has 0 aromatic rings. The maximum atomic E-state index is 11.5. The zero-order chi connectivity index (χ0) is 15.2. The Labute approximate surface area is 124 Å². The van der Waals surface area contributed by atoms with Crippen LogP contribution in [0.25, 0.3) is 0 Å². The number of piperazine rings is 1. The maximum absolute atomic E-state index is 11.5. The van der Waals surface area contributed by atoms with Gasteiger partial charge in [0.15, 0.2) is 0 Å². The predicted octanol–water partition coefficient (Wildman–Crippen LogP) is 2.08. The average molecular weight is 283 g/mol.